The fourth-order valence-electron chi connectivity index (χ4n) is 4.89. The summed E-state index contributed by atoms with van der Waals surface area (Å²) in [6, 6.07) is 24.0. The highest BCUT2D eigenvalue weighted by atomic mass is 16.4. The van der Waals surface area contributed by atoms with Gasteiger partial charge in [0, 0.05) is 33.4 Å². The molecule has 0 aliphatic carbocycles. The van der Waals surface area contributed by atoms with Gasteiger partial charge < -0.3 is 14.7 Å². The molecule has 0 spiro atoms. The quantitative estimate of drug-likeness (QED) is 0.319. The number of hydrogen-bond donors (Lipinski definition) is 2. The number of hydrogen-bond acceptors (Lipinski definition) is 2. The van der Waals surface area contributed by atoms with Gasteiger partial charge in [-0.2, -0.15) is 0 Å². The summed E-state index contributed by atoms with van der Waals surface area (Å²) in [7, 11) is 0. The molecular formula is C27H21N3O2. The number of H-pyrrole nitrogens is 1. The molecule has 0 fully saturated rings. The van der Waals surface area contributed by atoms with Crippen LogP contribution in [-0.4, -0.2) is 25.6 Å². The predicted octanol–water partition coefficient (Wildman–Crippen LogP) is 6.53. The summed E-state index contributed by atoms with van der Waals surface area (Å²) in [4.78, 5) is 20.5. The van der Waals surface area contributed by atoms with Gasteiger partial charge in [-0.25, -0.2) is 9.78 Å². The van der Waals surface area contributed by atoms with Crippen LogP contribution in [0.3, 0.4) is 0 Å². The summed E-state index contributed by atoms with van der Waals surface area (Å²) >= 11 is 0. The second-order valence-electron chi connectivity index (χ2n) is 8.13. The second-order valence-corrected chi connectivity index (χ2v) is 8.13. The average molecular weight is 419 g/mol. The van der Waals surface area contributed by atoms with E-state index in [9.17, 15) is 9.90 Å². The third-order valence-corrected chi connectivity index (χ3v) is 6.38. The molecule has 2 aromatic heterocycles. The van der Waals surface area contributed by atoms with Crippen LogP contribution in [0.4, 0.5) is 0 Å². The number of rotatable bonds is 4. The Morgan fingerprint density at radius 3 is 2.19 bits per heavy atom. The number of carbonyl (C=O) groups is 1. The third-order valence-electron chi connectivity index (χ3n) is 6.38. The fraction of sp³-hybridized carbons (Fsp3) is 0.111. The lowest BCUT2D eigenvalue weighted by Gasteiger charge is -2.13. The first-order valence-electron chi connectivity index (χ1n) is 10.8. The van der Waals surface area contributed by atoms with Crippen molar-refractivity contribution in [2.75, 3.05) is 0 Å². The van der Waals surface area contributed by atoms with Crippen molar-refractivity contribution < 1.29 is 9.90 Å². The van der Waals surface area contributed by atoms with Gasteiger partial charge in [0.05, 0.1) is 11.0 Å². The Morgan fingerprint density at radius 1 is 0.906 bits per heavy atom. The predicted molar refractivity (Wildman–Crippen MR) is 129 cm³/mol. The highest BCUT2D eigenvalue weighted by Crippen LogP contribution is 2.37. The van der Waals surface area contributed by atoms with Gasteiger partial charge in [0.15, 0.2) is 0 Å². The number of para-hydroxylation sites is 1. The van der Waals surface area contributed by atoms with Gasteiger partial charge in [-0.3, -0.25) is 0 Å². The van der Waals surface area contributed by atoms with E-state index in [0.29, 0.717) is 6.42 Å². The maximum Gasteiger partial charge on any atom is 0.326 e. The topological polar surface area (TPSA) is 70.9 Å². The molecule has 5 nitrogen and oxygen atoms in total. The van der Waals surface area contributed by atoms with Crippen LogP contribution in [0, 0.1) is 0 Å². The first-order chi connectivity index (χ1) is 15.7. The van der Waals surface area contributed by atoms with Crippen molar-refractivity contribution >= 4 is 49.5 Å². The molecule has 4 aromatic carbocycles. The van der Waals surface area contributed by atoms with E-state index in [4.69, 9.17) is 4.98 Å². The van der Waals surface area contributed by atoms with Crippen molar-refractivity contribution in [1.29, 1.82) is 0 Å². The summed E-state index contributed by atoms with van der Waals surface area (Å²) in [6.45, 7) is 1.90. The van der Waals surface area contributed by atoms with Crippen molar-refractivity contribution in [2.24, 2.45) is 0 Å². The summed E-state index contributed by atoms with van der Waals surface area (Å²) < 4.78 is 1.86. The van der Waals surface area contributed by atoms with E-state index >= 15 is 0 Å². The van der Waals surface area contributed by atoms with E-state index < -0.39 is 12.0 Å². The van der Waals surface area contributed by atoms with Gasteiger partial charge in [0.25, 0.3) is 0 Å². The zero-order valence-electron chi connectivity index (χ0n) is 17.5. The van der Waals surface area contributed by atoms with Crippen LogP contribution in [0.25, 0.3) is 54.9 Å². The molecule has 1 unspecified atom stereocenters. The minimum absolute atomic E-state index is 0.503. The molecule has 156 valence electrons. The lowest BCUT2D eigenvalue weighted by Crippen LogP contribution is -2.17. The van der Waals surface area contributed by atoms with E-state index in [1.807, 2.05) is 54.1 Å². The van der Waals surface area contributed by atoms with Crippen LogP contribution in [0.2, 0.25) is 0 Å². The van der Waals surface area contributed by atoms with E-state index in [-0.39, 0.29) is 0 Å². The molecule has 0 saturated heterocycles. The molecule has 0 bridgehead atoms. The average Bonchev–Trinajstić information content (AvgIpc) is 3.42. The lowest BCUT2D eigenvalue weighted by atomic mass is 10.0. The van der Waals surface area contributed by atoms with Crippen LogP contribution < -0.4 is 0 Å². The van der Waals surface area contributed by atoms with Gasteiger partial charge in [-0.1, -0.05) is 73.7 Å². The molecule has 0 aliphatic heterocycles. The number of nitrogens with one attached hydrogen (secondary N) is 1. The molecule has 2 N–H and O–H groups in total. The zero-order valence-corrected chi connectivity index (χ0v) is 17.5. The number of carboxylic acid groups (broad SMARTS) is 1. The third kappa shape index (κ3) is 2.57. The van der Waals surface area contributed by atoms with E-state index in [0.717, 1.165) is 44.1 Å². The Kier molecular flexibility index (Phi) is 4.05. The lowest BCUT2D eigenvalue weighted by molar-refractivity contribution is -0.140. The van der Waals surface area contributed by atoms with Crippen molar-refractivity contribution in [2.45, 2.75) is 19.4 Å². The molecule has 6 rings (SSSR count). The van der Waals surface area contributed by atoms with Gasteiger partial charge in [-0.05, 0) is 23.3 Å². The number of benzene rings is 4. The van der Waals surface area contributed by atoms with Crippen molar-refractivity contribution in [1.82, 2.24) is 14.5 Å². The maximum atomic E-state index is 11.9. The largest absolute Gasteiger partial charge is 0.480 e. The number of fused-ring (bicyclic) bond motifs is 7. The van der Waals surface area contributed by atoms with Crippen LogP contribution in [-0.2, 0) is 4.79 Å². The van der Waals surface area contributed by atoms with Gasteiger partial charge in [0.1, 0.15) is 11.9 Å². The summed E-state index contributed by atoms with van der Waals surface area (Å²) in [6.07, 6.45) is 2.43. The summed E-state index contributed by atoms with van der Waals surface area (Å²) in [5, 5.41) is 15.3. The highest BCUT2D eigenvalue weighted by Gasteiger charge is 2.23. The monoisotopic (exact) mass is 419 g/mol. The smallest absolute Gasteiger partial charge is 0.326 e. The Labute approximate surface area is 183 Å². The standard InChI is InChI=1S/C27H21N3O2/c1-2-22(27(31)32)30-15-21(18-11-7-8-14-23(18)30)26-28-24-19-12-5-3-9-16(19)17-10-4-6-13-20(17)25(24)29-26/h3-15,22H,2H2,1H3,(H,28,29)(H,31,32). The fourth-order valence-corrected chi connectivity index (χ4v) is 4.89. The summed E-state index contributed by atoms with van der Waals surface area (Å²) in [5.41, 5.74) is 3.73. The van der Waals surface area contributed by atoms with E-state index in [2.05, 4.69) is 41.4 Å². The number of nitrogens with zero attached hydrogens (tertiary/aromatic N) is 2. The first-order valence-corrected chi connectivity index (χ1v) is 10.8. The van der Waals surface area contributed by atoms with Crippen molar-refractivity contribution in [3.05, 3.63) is 79.0 Å². The molecule has 0 aliphatic rings. The van der Waals surface area contributed by atoms with Gasteiger partial charge in [0.2, 0.25) is 0 Å². The Balaban J connectivity index is 1.69. The number of aliphatic carboxylic acids is 1. The van der Waals surface area contributed by atoms with Crippen molar-refractivity contribution in [3.8, 4) is 11.4 Å². The maximum absolute atomic E-state index is 11.9. The molecule has 1 atom stereocenters. The molecule has 0 amide bonds. The second kappa shape index (κ2) is 6.95. The first kappa shape index (κ1) is 18.6. The molecule has 32 heavy (non-hydrogen) atoms. The normalized spacial score (nSPS) is 12.8. The van der Waals surface area contributed by atoms with Gasteiger partial charge >= 0.3 is 5.97 Å². The zero-order chi connectivity index (χ0) is 21.8. The number of aromatic amines is 1. The van der Waals surface area contributed by atoms with E-state index in [1.165, 1.54) is 10.8 Å². The molecule has 5 heteroatoms. The Hall–Kier alpha value is -4.12. The Morgan fingerprint density at radius 2 is 1.50 bits per heavy atom. The number of imidazole rings is 1. The van der Waals surface area contributed by atoms with Crippen LogP contribution in [0.5, 0.6) is 0 Å². The summed E-state index contributed by atoms with van der Waals surface area (Å²) in [5.74, 6) is -0.0851. The molecule has 6 aromatic rings. The van der Waals surface area contributed by atoms with Crippen molar-refractivity contribution in [3.63, 3.8) is 0 Å². The molecule has 2 heterocycles. The molecular weight excluding hydrogens is 398 g/mol. The number of aromatic nitrogens is 3. The highest BCUT2D eigenvalue weighted by molar-refractivity contribution is 6.23. The minimum Gasteiger partial charge on any atom is -0.480 e. The number of carboxylic acids is 1. The molecule has 0 saturated carbocycles. The van der Waals surface area contributed by atoms with Crippen LogP contribution in [0.1, 0.15) is 19.4 Å². The minimum atomic E-state index is -0.832. The SMILES string of the molecule is CCC(C(=O)O)n1cc(-c2nc3c4ccccc4c4ccccc4c3[nH]2)c2ccccc21. The van der Waals surface area contributed by atoms with Crippen LogP contribution >= 0.6 is 0 Å². The van der Waals surface area contributed by atoms with Gasteiger partial charge in [-0.15, -0.1) is 0 Å². The molecule has 0 radical (unpaired) electrons. The van der Waals surface area contributed by atoms with E-state index in [1.54, 1.807) is 0 Å². The van der Waals surface area contributed by atoms with Crippen LogP contribution in [0.15, 0.2) is 79.0 Å². The Bertz CT molecular complexity index is 1590.